The lowest BCUT2D eigenvalue weighted by molar-refractivity contribution is 0.596. The van der Waals surface area contributed by atoms with Crippen molar-refractivity contribution in [1.82, 2.24) is 0 Å². The molecular weight excluding hydrogens is 162 g/mol. The third kappa shape index (κ3) is 1.46. The van der Waals surface area contributed by atoms with Gasteiger partial charge in [0, 0.05) is 0 Å². The van der Waals surface area contributed by atoms with Crippen molar-refractivity contribution in [3.63, 3.8) is 0 Å². The molecule has 3 heteroatoms. The molecule has 0 aromatic heterocycles. The molecule has 1 aliphatic rings. The van der Waals surface area contributed by atoms with E-state index in [1.54, 1.807) is 6.08 Å². The fourth-order valence-corrected chi connectivity index (χ4v) is 0.936. The van der Waals surface area contributed by atoms with E-state index in [1.807, 2.05) is 0 Å². The SMILES string of the molecule is FC1=CCC=CC1(Cl)Cl. The summed E-state index contributed by atoms with van der Waals surface area (Å²) in [7, 11) is 0. The number of allylic oxidation sites excluding steroid dienone is 4. The second-order valence-electron chi connectivity index (χ2n) is 1.81. The van der Waals surface area contributed by atoms with Crippen molar-refractivity contribution in [2.45, 2.75) is 10.8 Å². The molecule has 0 spiro atoms. The van der Waals surface area contributed by atoms with Crippen LogP contribution < -0.4 is 0 Å². The molecule has 0 unspecified atom stereocenters. The molecule has 0 saturated heterocycles. The maximum atomic E-state index is 12.5. The van der Waals surface area contributed by atoms with Crippen molar-refractivity contribution in [2.75, 3.05) is 0 Å². The highest BCUT2D eigenvalue weighted by Crippen LogP contribution is 2.35. The summed E-state index contributed by atoms with van der Waals surface area (Å²) in [5, 5.41) is 0. The molecule has 0 heterocycles. The number of hydrogen-bond acceptors (Lipinski definition) is 0. The van der Waals surface area contributed by atoms with E-state index in [0.717, 1.165) is 0 Å². The minimum absolute atomic E-state index is 0.478. The molecule has 0 N–H and O–H groups in total. The van der Waals surface area contributed by atoms with E-state index in [9.17, 15) is 4.39 Å². The highest BCUT2D eigenvalue weighted by Gasteiger charge is 2.27. The summed E-state index contributed by atoms with van der Waals surface area (Å²) in [5.41, 5.74) is 0. The zero-order chi connectivity index (χ0) is 6.91. The molecular formula is C6H5Cl2F. The zero-order valence-corrected chi connectivity index (χ0v) is 6.08. The van der Waals surface area contributed by atoms with Gasteiger partial charge in [-0.15, -0.1) is 0 Å². The number of rotatable bonds is 0. The van der Waals surface area contributed by atoms with Crippen molar-refractivity contribution in [3.05, 3.63) is 24.1 Å². The van der Waals surface area contributed by atoms with Crippen LogP contribution in [0.25, 0.3) is 0 Å². The molecule has 0 amide bonds. The van der Waals surface area contributed by atoms with Crippen LogP contribution in [-0.2, 0) is 0 Å². The van der Waals surface area contributed by atoms with Gasteiger partial charge in [0.1, 0.15) is 5.83 Å². The molecule has 0 aromatic rings. The molecule has 0 fully saturated rings. The summed E-state index contributed by atoms with van der Waals surface area (Å²) < 4.78 is 11.1. The number of halogens is 3. The second kappa shape index (κ2) is 2.31. The van der Waals surface area contributed by atoms with Crippen LogP contribution in [0.1, 0.15) is 6.42 Å². The highest BCUT2D eigenvalue weighted by molar-refractivity contribution is 6.51. The van der Waals surface area contributed by atoms with Crippen LogP contribution in [0.15, 0.2) is 24.1 Å². The van der Waals surface area contributed by atoms with Gasteiger partial charge in [0.15, 0.2) is 4.33 Å². The van der Waals surface area contributed by atoms with E-state index in [0.29, 0.717) is 6.42 Å². The largest absolute Gasteiger partial charge is 0.208 e. The minimum atomic E-state index is -1.40. The maximum absolute atomic E-state index is 12.5. The van der Waals surface area contributed by atoms with Crippen LogP contribution in [-0.4, -0.2) is 4.33 Å². The van der Waals surface area contributed by atoms with Gasteiger partial charge in [0.2, 0.25) is 0 Å². The summed E-state index contributed by atoms with van der Waals surface area (Å²) in [4.78, 5) is 0. The van der Waals surface area contributed by atoms with Gasteiger partial charge in [-0.05, 0) is 18.6 Å². The Hall–Kier alpha value is -0.0100. The molecule has 0 radical (unpaired) electrons. The first kappa shape index (κ1) is 7.10. The molecule has 50 valence electrons. The molecule has 0 saturated carbocycles. The van der Waals surface area contributed by atoms with Crippen molar-refractivity contribution in [3.8, 4) is 0 Å². The van der Waals surface area contributed by atoms with Gasteiger partial charge in [0.05, 0.1) is 0 Å². The smallest absolute Gasteiger partial charge is 0.186 e. The fraction of sp³-hybridized carbons (Fsp3) is 0.333. The van der Waals surface area contributed by atoms with Gasteiger partial charge in [-0.25, -0.2) is 4.39 Å². The fourth-order valence-electron chi connectivity index (χ4n) is 0.603. The normalized spacial score (nSPS) is 23.7. The lowest BCUT2D eigenvalue weighted by Crippen LogP contribution is -2.11. The summed E-state index contributed by atoms with van der Waals surface area (Å²) in [6.07, 6.45) is 5.10. The van der Waals surface area contributed by atoms with Crippen LogP contribution in [0.4, 0.5) is 4.39 Å². The first-order valence-electron chi connectivity index (χ1n) is 2.54. The lowest BCUT2D eigenvalue weighted by Gasteiger charge is -2.14. The maximum Gasteiger partial charge on any atom is 0.186 e. The summed E-state index contributed by atoms with van der Waals surface area (Å²) in [5.74, 6) is -0.478. The Kier molecular flexibility index (Phi) is 1.83. The Balaban J connectivity index is 2.83. The van der Waals surface area contributed by atoms with Crippen molar-refractivity contribution in [1.29, 1.82) is 0 Å². The van der Waals surface area contributed by atoms with Gasteiger partial charge in [-0.2, -0.15) is 0 Å². The van der Waals surface area contributed by atoms with Crippen LogP contribution >= 0.6 is 23.2 Å². The van der Waals surface area contributed by atoms with E-state index >= 15 is 0 Å². The van der Waals surface area contributed by atoms with Crippen LogP contribution in [0.2, 0.25) is 0 Å². The Morgan fingerprint density at radius 3 is 2.56 bits per heavy atom. The second-order valence-corrected chi connectivity index (χ2v) is 3.20. The molecule has 0 aromatic carbocycles. The molecule has 0 atom stereocenters. The van der Waals surface area contributed by atoms with E-state index in [-0.39, 0.29) is 0 Å². The molecule has 0 nitrogen and oxygen atoms in total. The first-order chi connectivity index (χ1) is 4.13. The Labute approximate surface area is 63.0 Å². The Bertz CT molecular complexity index is 170. The molecule has 0 bridgehead atoms. The van der Waals surface area contributed by atoms with E-state index in [4.69, 9.17) is 23.2 Å². The average molecular weight is 167 g/mol. The van der Waals surface area contributed by atoms with Gasteiger partial charge in [-0.1, -0.05) is 29.3 Å². The average Bonchev–Trinajstić information content (AvgIpc) is 1.77. The Morgan fingerprint density at radius 2 is 2.22 bits per heavy atom. The Morgan fingerprint density at radius 1 is 1.56 bits per heavy atom. The molecule has 0 aliphatic heterocycles. The van der Waals surface area contributed by atoms with Gasteiger partial charge < -0.3 is 0 Å². The number of hydrogen-bond donors (Lipinski definition) is 0. The topological polar surface area (TPSA) is 0 Å². The minimum Gasteiger partial charge on any atom is -0.208 e. The highest BCUT2D eigenvalue weighted by atomic mass is 35.5. The van der Waals surface area contributed by atoms with Gasteiger partial charge in [0.25, 0.3) is 0 Å². The van der Waals surface area contributed by atoms with Crippen molar-refractivity contribution in [2.24, 2.45) is 0 Å². The summed E-state index contributed by atoms with van der Waals surface area (Å²) >= 11 is 10.9. The summed E-state index contributed by atoms with van der Waals surface area (Å²) in [6.45, 7) is 0. The summed E-state index contributed by atoms with van der Waals surface area (Å²) in [6, 6.07) is 0. The van der Waals surface area contributed by atoms with Crippen molar-refractivity contribution < 1.29 is 4.39 Å². The quantitative estimate of drug-likeness (QED) is 0.384. The van der Waals surface area contributed by atoms with Gasteiger partial charge in [-0.3, -0.25) is 0 Å². The van der Waals surface area contributed by atoms with E-state index < -0.39 is 10.2 Å². The van der Waals surface area contributed by atoms with Crippen LogP contribution in [0.3, 0.4) is 0 Å². The lowest BCUT2D eigenvalue weighted by atomic mass is 10.2. The third-order valence-electron chi connectivity index (χ3n) is 1.08. The molecule has 9 heavy (non-hydrogen) atoms. The standard InChI is InChI=1S/C6H5Cl2F/c7-6(8)4-2-1-3-5(6)9/h2-4H,1H2. The van der Waals surface area contributed by atoms with Crippen LogP contribution in [0, 0.1) is 0 Å². The molecule has 1 aliphatic carbocycles. The number of alkyl halides is 2. The van der Waals surface area contributed by atoms with Gasteiger partial charge >= 0.3 is 0 Å². The van der Waals surface area contributed by atoms with Crippen molar-refractivity contribution >= 4 is 23.2 Å². The van der Waals surface area contributed by atoms with E-state index in [2.05, 4.69) is 0 Å². The predicted octanol–water partition coefficient (Wildman–Crippen LogP) is 2.97. The molecule has 1 rings (SSSR count). The zero-order valence-electron chi connectivity index (χ0n) is 4.57. The van der Waals surface area contributed by atoms with E-state index in [1.165, 1.54) is 12.2 Å². The third-order valence-corrected chi connectivity index (χ3v) is 1.69. The predicted molar refractivity (Wildman–Crippen MR) is 37.4 cm³/mol. The monoisotopic (exact) mass is 166 g/mol. The van der Waals surface area contributed by atoms with Crippen LogP contribution in [0.5, 0.6) is 0 Å². The first-order valence-corrected chi connectivity index (χ1v) is 3.30.